The lowest BCUT2D eigenvalue weighted by Crippen LogP contribution is -2.29. The van der Waals surface area contributed by atoms with Crippen molar-refractivity contribution < 1.29 is 4.42 Å². The Morgan fingerprint density at radius 3 is 3.00 bits per heavy atom. The molecule has 0 radical (unpaired) electrons. The molecule has 0 saturated heterocycles. The van der Waals surface area contributed by atoms with Crippen LogP contribution in [0, 0.1) is 11.3 Å². The molecule has 3 aromatic heterocycles. The van der Waals surface area contributed by atoms with Crippen LogP contribution in [0.2, 0.25) is 0 Å². The molecule has 1 atom stereocenters. The molecule has 0 aromatic carbocycles. The standard InChI is InChI=1S/C17H17N7OS/c1-24-8-21-23-17(24)26-14-5-4-13(25-14)15-10-6-9(19)2-3-12(10)22-16(20)11(15)7-18/h4-5,8-9H,2-3,6,19H2,1H3,(H2,20,22). The highest BCUT2D eigenvalue weighted by molar-refractivity contribution is 7.99. The van der Waals surface area contributed by atoms with Crippen LogP contribution in [0.15, 0.2) is 33.1 Å². The van der Waals surface area contributed by atoms with Crippen LogP contribution in [-0.2, 0) is 19.9 Å². The van der Waals surface area contributed by atoms with Gasteiger partial charge in [0, 0.05) is 24.3 Å². The van der Waals surface area contributed by atoms with Crippen molar-refractivity contribution in [3.8, 4) is 17.4 Å². The van der Waals surface area contributed by atoms with Crippen molar-refractivity contribution in [2.75, 3.05) is 5.73 Å². The van der Waals surface area contributed by atoms with Crippen molar-refractivity contribution in [1.82, 2.24) is 19.7 Å². The van der Waals surface area contributed by atoms with Crippen molar-refractivity contribution in [3.05, 3.63) is 35.3 Å². The van der Waals surface area contributed by atoms with Gasteiger partial charge in [-0.2, -0.15) is 5.26 Å². The van der Waals surface area contributed by atoms with E-state index < -0.39 is 0 Å². The van der Waals surface area contributed by atoms with Gasteiger partial charge in [-0.3, -0.25) is 0 Å². The van der Waals surface area contributed by atoms with Gasteiger partial charge in [0.15, 0.2) is 10.2 Å². The summed E-state index contributed by atoms with van der Waals surface area (Å²) in [6.07, 6.45) is 3.89. The number of hydrogen-bond acceptors (Lipinski definition) is 8. The van der Waals surface area contributed by atoms with Gasteiger partial charge < -0.3 is 20.5 Å². The fourth-order valence-corrected chi connectivity index (χ4v) is 3.88. The molecule has 0 saturated carbocycles. The molecular formula is C17H17N7OS. The Balaban J connectivity index is 1.79. The zero-order chi connectivity index (χ0) is 18.3. The highest BCUT2D eigenvalue weighted by Gasteiger charge is 2.26. The van der Waals surface area contributed by atoms with Crippen LogP contribution in [0.5, 0.6) is 0 Å². The summed E-state index contributed by atoms with van der Waals surface area (Å²) >= 11 is 1.36. The van der Waals surface area contributed by atoms with E-state index in [0.29, 0.717) is 33.6 Å². The Bertz CT molecular complexity index is 1020. The Morgan fingerprint density at radius 1 is 1.42 bits per heavy atom. The van der Waals surface area contributed by atoms with E-state index in [0.717, 1.165) is 24.1 Å². The van der Waals surface area contributed by atoms with Gasteiger partial charge in [-0.25, -0.2) is 4.98 Å². The second-order valence-corrected chi connectivity index (χ2v) is 7.20. The number of pyridine rings is 1. The highest BCUT2D eigenvalue weighted by Crippen LogP contribution is 2.38. The molecule has 1 aliphatic carbocycles. The zero-order valence-corrected chi connectivity index (χ0v) is 15.0. The lowest BCUT2D eigenvalue weighted by Gasteiger charge is -2.24. The molecule has 4 N–H and O–H groups in total. The maximum atomic E-state index is 9.61. The van der Waals surface area contributed by atoms with Crippen molar-refractivity contribution in [2.24, 2.45) is 12.8 Å². The molecule has 0 spiro atoms. The molecule has 26 heavy (non-hydrogen) atoms. The van der Waals surface area contributed by atoms with Crippen LogP contribution in [-0.4, -0.2) is 25.8 Å². The van der Waals surface area contributed by atoms with Crippen LogP contribution in [0.4, 0.5) is 5.82 Å². The third-order valence-corrected chi connectivity index (χ3v) is 5.40. The summed E-state index contributed by atoms with van der Waals surface area (Å²) in [6.45, 7) is 0. The maximum Gasteiger partial charge on any atom is 0.198 e. The number of fused-ring (bicyclic) bond motifs is 1. The van der Waals surface area contributed by atoms with E-state index in [1.807, 2.05) is 19.2 Å². The molecule has 132 valence electrons. The van der Waals surface area contributed by atoms with Crippen LogP contribution < -0.4 is 11.5 Å². The fourth-order valence-electron chi connectivity index (χ4n) is 3.15. The molecule has 1 unspecified atom stereocenters. The first kappa shape index (κ1) is 16.6. The molecule has 0 amide bonds. The molecule has 0 bridgehead atoms. The van der Waals surface area contributed by atoms with E-state index in [4.69, 9.17) is 15.9 Å². The van der Waals surface area contributed by atoms with E-state index in [-0.39, 0.29) is 11.9 Å². The van der Waals surface area contributed by atoms with Crippen molar-refractivity contribution in [1.29, 1.82) is 5.26 Å². The number of hydrogen-bond donors (Lipinski definition) is 2. The van der Waals surface area contributed by atoms with Crippen molar-refractivity contribution in [3.63, 3.8) is 0 Å². The van der Waals surface area contributed by atoms with E-state index in [2.05, 4.69) is 21.3 Å². The van der Waals surface area contributed by atoms with Crippen LogP contribution in [0.3, 0.4) is 0 Å². The number of aryl methyl sites for hydroxylation is 2. The van der Waals surface area contributed by atoms with Gasteiger partial charge in [-0.05, 0) is 48.7 Å². The van der Waals surface area contributed by atoms with Gasteiger partial charge >= 0.3 is 0 Å². The summed E-state index contributed by atoms with van der Waals surface area (Å²) < 4.78 is 7.81. The van der Waals surface area contributed by atoms with Gasteiger partial charge in [0.2, 0.25) is 0 Å². The van der Waals surface area contributed by atoms with Crippen molar-refractivity contribution in [2.45, 2.75) is 35.6 Å². The molecule has 9 heteroatoms. The second-order valence-electron chi connectivity index (χ2n) is 6.23. The van der Waals surface area contributed by atoms with Crippen LogP contribution >= 0.6 is 11.8 Å². The lowest BCUT2D eigenvalue weighted by molar-refractivity contribution is 0.484. The number of anilines is 1. The van der Waals surface area contributed by atoms with Gasteiger partial charge in [0.05, 0.1) is 0 Å². The molecule has 4 rings (SSSR count). The van der Waals surface area contributed by atoms with Gasteiger partial charge in [-0.1, -0.05) is 0 Å². The summed E-state index contributed by atoms with van der Waals surface area (Å²) in [5.74, 6) is 0.821. The number of nitriles is 1. The molecule has 0 aliphatic heterocycles. The molecule has 3 aromatic rings. The van der Waals surface area contributed by atoms with E-state index >= 15 is 0 Å². The minimum atomic E-state index is 0.0423. The Morgan fingerprint density at radius 2 is 2.27 bits per heavy atom. The smallest absolute Gasteiger partial charge is 0.198 e. The Hall–Kier alpha value is -2.83. The summed E-state index contributed by atoms with van der Waals surface area (Å²) in [4.78, 5) is 4.42. The zero-order valence-electron chi connectivity index (χ0n) is 14.1. The van der Waals surface area contributed by atoms with Gasteiger partial charge in [-0.15, -0.1) is 10.2 Å². The first-order chi connectivity index (χ1) is 12.6. The normalized spacial score (nSPS) is 16.3. The van der Waals surface area contributed by atoms with Gasteiger partial charge in [0.1, 0.15) is 29.5 Å². The summed E-state index contributed by atoms with van der Waals surface area (Å²) in [5.41, 5.74) is 15.1. The summed E-state index contributed by atoms with van der Waals surface area (Å²) in [7, 11) is 1.86. The topological polar surface area (TPSA) is 133 Å². The fraction of sp³-hybridized carbons (Fsp3) is 0.294. The van der Waals surface area contributed by atoms with E-state index in [1.54, 1.807) is 10.9 Å². The highest BCUT2D eigenvalue weighted by atomic mass is 32.2. The third-order valence-electron chi connectivity index (χ3n) is 4.43. The number of nitrogens with zero attached hydrogens (tertiary/aromatic N) is 5. The average molecular weight is 367 g/mol. The van der Waals surface area contributed by atoms with Crippen LogP contribution in [0.1, 0.15) is 23.2 Å². The summed E-state index contributed by atoms with van der Waals surface area (Å²) in [5, 5.41) is 18.9. The number of nitrogen functional groups attached to an aromatic ring is 1. The minimum Gasteiger partial charge on any atom is -0.449 e. The first-order valence-corrected chi connectivity index (χ1v) is 8.97. The van der Waals surface area contributed by atoms with E-state index in [9.17, 15) is 5.26 Å². The monoisotopic (exact) mass is 367 g/mol. The average Bonchev–Trinajstić information content (AvgIpc) is 3.24. The van der Waals surface area contributed by atoms with Crippen molar-refractivity contribution >= 4 is 17.6 Å². The van der Waals surface area contributed by atoms with E-state index in [1.165, 1.54) is 11.8 Å². The largest absolute Gasteiger partial charge is 0.449 e. The molecule has 3 heterocycles. The number of nitrogens with two attached hydrogens (primary N) is 2. The minimum absolute atomic E-state index is 0.0423. The molecule has 0 fully saturated rings. The third kappa shape index (κ3) is 2.83. The van der Waals surface area contributed by atoms with Crippen LogP contribution in [0.25, 0.3) is 11.3 Å². The molecular weight excluding hydrogens is 350 g/mol. The Kier molecular flexibility index (Phi) is 4.14. The Labute approximate surface area is 154 Å². The summed E-state index contributed by atoms with van der Waals surface area (Å²) in [6, 6.07) is 5.90. The molecule has 8 nitrogen and oxygen atoms in total. The molecule has 1 aliphatic rings. The number of aromatic nitrogens is 4. The first-order valence-electron chi connectivity index (χ1n) is 8.15. The second kappa shape index (κ2) is 6.48. The lowest BCUT2D eigenvalue weighted by atomic mass is 9.86. The SMILES string of the molecule is Cn1cnnc1Sc1ccc(-c2c(C#N)c(N)nc3c2CC(N)CC3)o1. The van der Waals surface area contributed by atoms with Gasteiger partial charge in [0.25, 0.3) is 0 Å². The predicted molar refractivity (Wildman–Crippen MR) is 96.2 cm³/mol. The number of furan rings is 1. The number of rotatable bonds is 3. The predicted octanol–water partition coefficient (Wildman–Crippen LogP) is 1.89. The quantitative estimate of drug-likeness (QED) is 0.717. The maximum absolute atomic E-state index is 9.61.